The van der Waals surface area contributed by atoms with Crippen LogP contribution in [0.4, 0.5) is 0 Å². The monoisotopic (exact) mass is 238 g/mol. The van der Waals surface area contributed by atoms with Gasteiger partial charge in [-0.2, -0.15) is 0 Å². The molecular formula is C7H8ClO5P. The predicted octanol–water partition coefficient (Wildman–Crippen LogP) is 1.14. The molecule has 5 nitrogen and oxygen atoms in total. The molecule has 0 aliphatic carbocycles. The Hall–Kier alpha value is -0.710. The van der Waals surface area contributed by atoms with E-state index in [0.717, 1.165) is 0 Å². The third-order valence-electron chi connectivity index (χ3n) is 1.00. The maximum absolute atomic E-state index is 10.4. The lowest BCUT2D eigenvalue weighted by molar-refractivity contribution is 0.108. The molecule has 0 saturated carbocycles. The highest BCUT2D eigenvalue weighted by atomic mass is 35.5. The van der Waals surface area contributed by atoms with Crippen molar-refractivity contribution >= 4 is 24.7 Å². The molecular weight excluding hydrogens is 230 g/mol. The van der Waals surface area contributed by atoms with Crippen molar-refractivity contribution in [2.24, 2.45) is 0 Å². The molecule has 0 heterocycles. The average molecular weight is 239 g/mol. The highest BCUT2D eigenvalue weighted by Gasteiger charge is 2.00. The normalized spacial score (nSPS) is 10.0. The third kappa shape index (κ3) is 9.38. The van der Waals surface area contributed by atoms with Gasteiger partial charge < -0.3 is 14.7 Å². The van der Waals surface area contributed by atoms with Crippen molar-refractivity contribution in [1.29, 1.82) is 0 Å². The predicted molar refractivity (Wildman–Crippen MR) is 50.9 cm³/mol. The van der Waals surface area contributed by atoms with E-state index in [9.17, 15) is 4.79 Å². The second-order valence-corrected chi connectivity index (χ2v) is 3.52. The number of hydrogen-bond donors (Lipinski definition) is 3. The lowest BCUT2D eigenvalue weighted by atomic mass is 10.2. The Morgan fingerprint density at radius 1 is 1.14 bits per heavy atom. The maximum Gasteiger partial charge on any atom is 0.466 e. The molecule has 0 fully saturated rings. The van der Waals surface area contributed by atoms with Crippen LogP contribution in [0.5, 0.6) is 0 Å². The van der Waals surface area contributed by atoms with E-state index in [4.69, 9.17) is 30.8 Å². The standard InChI is InChI=1S/C7H5ClO.H3O4P/c8-7(9)6-4-2-1-3-5-6;1-5(2,3)4/h1-5H;(H3,1,2,3,4). The summed E-state index contributed by atoms with van der Waals surface area (Å²) in [6.45, 7) is 0. The van der Waals surface area contributed by atoms with Gasteiger partial charge in [-0.3, -0.25) is 4.79 Å². The first-order valence-electron chi connectivity index (χ1n) is 3.34. The fourth-order valence-electron chi connectivity index (χ4n) is 0.569. The second kappa shape index (κ2) is 5.90. The van der Waals surface area contributed by atoms with E-state index in [2.05, 4.69) is 0 Å². The van der Waals surface area contributed by atoms with Crippen LogP contribution in [0.15, 0.2) is 30.3 Å². The van der Waals surface area contributed by atoms with Gasteiger partial charge in [0.15, 0.2) is 0 Å². The Balaban J connectivity index is 0.000000292. The molecule has 0 radical (unpaired) electrons. The summed E-state index contributed by atoms with van der Waals surface area (Å²) in [6, 6.07) is 8.74. The molecule has 1 aromatic rings. The van der Waals surface area contributed by atoms with Crippen molar-refractivity contribution in [1.82, 2.24) is 0 Å². The number of carbonyl (C=O) groups is 1. The number of rotatable bonds is 1. The molecule has 1 rings (SSSR count). The van der Waals surface area contributed by atoms with Gasteiger partial charge in [-0.1, -0.05) is 30.3 Å². The molecule has 0 bridgehead atoms. The smallest absolute Gasteiger partial charge is 0.303 e. The molecule has 3 N–H and O–H groups in total. The Morgan fingerprint density at radius 2 is 1.50 bits per heavy atom. The minimum absolute atomic E-state index is 0.407. The SMILES string of the molecule is O=C(Cl)c1ccccc1.O=P(O)(O)O. The largest absolute Gasteiger partial charge is 0.466 e. The minimum Gasteiger partial charge on any atom is -0.303 e. The van der Waals surface area contributed by atoms with Gasteiger partial charge in [-0.15, -0.1) is 0 Å². The van der Waals surface area contributed by atoms with Gasteiger partial charge in [0.1, 0.15) is 0 Å². The molecule has 0 aliphatic rings. The Bertz CT molecular complexity index is 325. The van der Waals surface area contributed by atoms with Gasteiger partial charge in [0.05, 0.1) is 0 Å². The summed E-state index contributed by atoms with van der Waals surface area (Å²) >= 11 is 5.16. The van der Waals surface area contributed by atoms with Gasteiger partial charge in [0.25, 0.3) is 5.24 Å². The average Bonchev–Trinajstić information content (AvgIpc) is 2.03. The van der Waals surface area contributed by atoms with Crippen LogP contribution in [0.1, 0.15) is 10.4 Å². The maximum atomic E-state index is 10.4. The zero-order chi connectivity index (χ0) is 11.2. The van der Waals surface area contributed by atoms with Gasteiger partial charge in [-0.05, 0) is 11.6 Å². The fraction of sp³-hybridized carbons (Fsp3) is 0. The number of benzene rings is 1. The van der Waals surface area contributed by atoms with E-state index in [1.807, 2.05) is 6.07 Å². The molecule has 0 amide bonds. The van der Waals surface area contributed by atoms with Crippen molar-refractivity contribution in [3.05, 3.63) is 35.9 Å². The first-order chi connectivity index (χ1) is 6.30. The molecule has 0 aliphatic heterocycles. The van der Waals surface area contributed by atoms with Crippen LogP contribution in [0.2, 0.25) is 0 Å². The van der Waals surface area contributed by atoms with Crippen molar-refractivity contribution in [3.8, 4) is 0 Å². The van der Waals surface area contributed by atoms with Crippen LogP contribution >= 0.6 is 19.4 Å². The van der Waals surface area contributed by atoms with Gasteiger partial charge >= 0.3 is 7.82 Å². The van der Waals surface area contributed by atoms with Crippen LogP contribution in [0, 0.1) is 0 Å². The quantitative estimate of drug-likeness (QED) is 0.504. The van der Waals surface area contributed by atoms with Gasteiger partial charge in [-0.25, -0.2) is 4.57 Å². The Kier molecular flexibility index (Phi) is 5.60. The van der Waals surface area contributed by atoms with Crippen molar-refractivity contribution < 1.29 is 24.0 Å². The molecule has 78 valence electrons. The topological polar surface area (TPSA) is 94.8 Å². The number of carbonyl (C=O) groups excluding carboxylic acids is 1. The van der Waals surface area contributed by atoms with Crippen LogP contribution in [-0.4, -0.2) is 19.9 Å². The molecule has 0 spiro atoms. The van der Waals surface area contributed by atoms with Gasteiger partial charge in [0.2, 0.25) is 0 Å². The lowest BCUT2D eigenvalue weighted by Gasteiger charge is -1.87. The van der Waals surface area contributed by atoms with Crippen LogP contribution in [-0.2, 0) is 4.57 Å². The molecule has 1 aromatic carbocycles. The third-order valence-corrected chi connectivity index (χ3v) is 1.22. The Morgan fingerprint density at radius 3 is 1.71 bits per heavy atom. The molecule has 0 aromatic heterocycles. The number of phosphoric acid groups is 1. The molecule has 0 unspecified atom stereocenters. The van der Waals surface area contributed by atoms with Crippen LogP contribution in [0.25, 0.3) is 0 Å². The Labute approximate surface area is 85.2 Å². The summed E-state index contributed by atoms with van der Waals surface area (Å²) in [5.74, 6) is 0. The van der Waals surface area contributed by atoms with E-state index in [1.54, 1.807) is 24.3 Å². The minimum atomic E-state index is -4.64. The zero-order valence-electron chi connectivity index (χ0n) is 6.87. The molecule has 0 saturated heterocycles. The van der Waals surface area contributed by atoms with Crippen LogP contribution < -0.4 is 0 Å². The summed E-state index contributed by atoms with van der Waals surface area (Å²) in [5, 5.41) is -0.407. The van der Waals surface area contributed by atoms with E-state index in [-0.39, 0.29) is 0 Å². The first-order valence-corrected chi connectivity index (χ1v) is 5.28. The summed E-state index contributed by atoms with van der Waals surface area (Å²) in [4.78, 5) is 32.0. The number of halogens is 1. The van der Waals surface area contributed by atoms with Crippen molar-refractivity contribution in [2.45, 2.75) is 0 Å². The van der Waals surface area contributed by atoms with E-state index in [1.165, 1.54) is 0 Å². The molecule has 7 heteroatoms. The van der Waals surface area contributed by atoms with Crippen LogP contribution in [0.3, 0.4) is 0 Å². The van der Waals surface area contributed by atoms with Crippen molar-refractivity contribution in [3.63, 3.8) is 0 Å². The summed E-state index contributed by atoms with van der Waals surface area (Å²) in [6.07, 6.45) is 0. The van der Waals surface area contributed by atoms with E-state index < -0.39 is 13.1 Å². The summed E-state index contributed by atoms with van der Waals surface area (Å²) in [7, 11) is -4.64. The number of hydrogen-bond acceptors (Lipinski definition) is 2. The lowest BCUT2D eigenvalue weighted by Crippen LogP contribution is -1.84. The zero-order valence-corrected chi connectivity index (χ0v) is 8.52. The summed E-state index contributed by atoms with van der Waals surface area (Å²) in [5.41, 5.74) is 0.541. The fourth-order valence-corrected chi connectivity index (χ4v) is 0.695. The highest BCUT2D eigenvalue weighted by Crippen LogP contribution is 2.25. The second-order valence-electron chi connectivity index (χ2n) is 2.15. The van der Waals surface area contributed by atoms with E-state index >= 15 is 0 Å². The summed E-state index contributed by atoms with van der Waals surface area (Å²) < 4.78 is 8.88. The molecule has 14 heavy (non-hydrogen) atoms. The van der Waals surface area contributed by atoms with Gasteiger partial charge in [0, 0.05) is 5.56 Å². The van der Waals surface area contributed by atoms with E-state index in [0.29, 0.717) is 5.56 Å². The molecule has 0 atom stereocenters. The highest BCUT2D eigenvalue weighted by molar-refractivity contribution is 7.45. The first kappa shape index (κ1) is 13.3. The van der Waals surface area contributed by atoms with Crippen molar-refractivity contribution in [2.75, 3.05) is 0 Å².